The Balaban J connectivity index is 3.77. The predicted octanol–water partition coefficient (Wildman–Crippen LogP) is 2.58. The van der Waals surface area contributed by atoms with Crippen molar-refractivity contribution in [3.8, 4) is 0 Å². The molecule has 0 aromatic carbocycles. The van der Waals surface area contributed by atoms with Gasteiger partial charge < -0.3 is 4.74 Å². The first-order valence-corrected chi connectivity index (χ1v) is 5.42. The molecule has 88 valence electrons. The third-order valence-electron chi connectivity index (χ3n) is 1.97. The molecule has 0 bridgehead atoms. The maximum Gasteiger partial charge on any atom is 0.306 e. The Morgan fingerprint density at radius 3 is 2.07 bits per heavy atom. The zero-order chi connectivity index (χ0) is 12.1. The van der Waals surface area contributed by atoms with Crippen LogP contribution in [0.3, 0.4) is 0 Å². The van der Waals surface area contributed by atoms with E-state index in [4.69, 9.17) is 4.74 Å². The number of Topliss-reactive ketones (excluding diaryl/α,β-unsaturated/α-hetero) is 1. The van der Waals surface area contributed by atoms with Gasteiger partial charge in [0.2, 0.25) is 0 Å². The zero-order valence-corrected chi connectivity index (χ0v) is 10.4. The average molecular weight is 214 g/mol. The van der Waals surface area contributed by atoms with Crippen molar-refractivity contribution in [3.63, 3.8) is 0 Å². The van der Waals surface area contributed by atoms with Crippen LogP contribution < -0.4 is 0 Å². The number of hydrogen-bond donors (Lipinski definition) is 0. The summed E-state index contributed by atoms with van der Waals surface area (Å²) < 4.78 is 4.98. The Morgan fingerprint density at radius 2 is 1.67 bits per heavy atom. The Labute approximate surface area is 92.2 Å². The van der Waals surface area contributed by atoms with Crippen molar-refractivity contribution in [1.29, 1.82) is 0 Å². The minimum absolute atomic E-state index is 0.101. The van der Waals surface area contributed by atoms with Crippen LogP contribution in [0.1, 0.15) is 47.5 Å². The maximum absolute atomic E-state index is 11.5. The van der Waals surface area contributed by atoms with Gasteiger partial charge in [-0.25, -0.2) is 0 Å². The summed E-state index contributed by atoms with van der Waals surface area (Å²) >= 11 is 0. The molecule has 0 fully saturated rings. The quantitative estimate of drug-likeness (QED) is 0.661. The summed E-state index contributed by atoms with van der Waals surface area (Å²) in [5.41, 5.74) is -0.363. The largest absolute Gasteiger partial charge is 0.465 e. The van der Waals surface area contributed by atoms with Gasteiger partial charge in [-0.3, -0.25) is 9.59 Å². The van der Waals surface area contributed by atoms with E-state index in [-0.39, 0.29) is 30.0 Å². The van der Waals surface area contributed by atoms with Crippen molar-refractivity contribution in [3.05, 3.63) is 0 Å². The van der Waals surface area contributed by atoms with Gasteiger partial charge in [0, 0.05) is 11.8 Å². The van der Waals surface area contributed by atoms with Crippen LogP contribution in [0, 0.1) is 11.3 Å². The molecular weight excluding hydrogens is 192 g/mol. The van der Waals surface area contributed by atoms with Crippen LogP contribution in [-0.2, 0) is 14.3 Å². The van der Waals surface area contributed by atoms with Crippen LogP contribution in [0.4, 0.5) is 0 Å². The number of ether oxygens (including phenoxy) is 1. The second-order valence-corrected chi connectivity index (χ2v) is 5.25. The summed E-state index contributed by atoms with van der Waals surface area (Å²) in [4.78, 5) is 22.7. The highest BCUT2D eigenvalue weighted by atomic mass is 16.5. The Bertz CT molecular complexity index is 224. The van der Waals surface area contributed by atoms with Gasteiger partial charge in [-0.15, -0.1) is 0 Å². The first-order chi connectivity index (χ1) is 6.73. The lowest BCUT2D eigenvalue weighted by Gasteiger charge is -2.16. The van der Waals surface area contributed by atoms with E-state index in [2.05, 4.69) is 0 Å². The molecule has 0 saturated heterocycles. The van der Waals surface area contributed by atoms with E-state index in [1.165, 1.54) is 0 Å². The van der Waals surface area contributed by atoms with Gasteiger partial charge in [0.1, 0.15) is 5.78 Å². The smallest absolute Gasteiger partial charge is 0.306 e. The van der Waals surface area contributed by atoms with E-state index in [1.54, 1.807) is 0 Å². The average Bonchev–Trinajstić information content (AvgIpc) is 2.09. The van der Waals surface area contributed by atoms with E-state index in [0.717, 1.165) is 0 Å². The molecule has 0 rings (SSSR count). The highest BCUT2D eigenvalue weighted by Crippen LogP contribution is 2.17. The lowest BCUT2D eigenvalue weighted by molar-refractivity contribution is -0.146. The van der Waals surface area contributed by atoms with Gasteiger partial charge >= 0.3 is 5.97 Å². The van der Waals surface area contributed by atoms with Crippen molar-refractivity contribution in [1.82, 2.24) is 0 Å². The molecule has 0 aromatic rings. The molecule has 0 saturated carbocycles. The maximum atomic E-state index is 11.5. The number of esters is 1. The lowest BCUT2D eigenvalue weighted by atomic mass is 9.88. The van der Waals surface area contributed by atoms with Gasteiger partial charge in [-0.05, 0) is 5.92 Å². The van der Waals surface area contributed by atoms with Crippen molar-refractivity contribution in [2.75, 3.05) is 6.61 Å². The summed E-state index contributed by atoms with van der Waals surface area (Å²) in [7, 11) is 0. The fraction of sp³-hybridized carbons (Fsp3) is 0.833. The molecule has 0 aliphatic carbocycles. The fourth-order valence-electron chi connectivity index (χ4n) is 0.922. The van der Waals surface area contributed by atoms with Crippen LogP contribution in [0.2, 0.25) is 0 Å². The van der Waals surface area contributed by atoms with E-state index < -0.39 is 0 Å². The minimum Gasteiger partial charge on any atom is -0.465 e. The van der Waals surface area contributed by atoms with Crippen LogP contribution in [0.15, 0.2) is 0 Å². The number of hydrogen-bond acceptors (Lipinski definition) is 3. The van der Waals surface area contributed by atoms with Gasteiger partial charge in [0.05, 0.1) is 13.0 Å². The van der Waals surface area contributed by atoms with Crippen molar-refractivity contribution in [2.45, 2.75) is 47.5 Å². The van der Waals surface area contributed by atoms with E-state index >= 15 is 0 Å². The van der Waals surface area contributed by atoms with Crippen LogP contribution >= 0.6 is 0 Å². The molecule has 0 amide bonds. The van der Waals surface area contributed by atoms with E-state index in [1.807, 2.05) is 34.6 Å². The minimum atomic E-state index is -0.363. The second-order valence-electron chi connectivity index (χ2n) is 5.25. The number of ketones is 1. The molecule has 3 nitrogen and oxygen atoms in total. The SMILES string of the molecule is CC(C)COC(=O)CCC(=O)C(C)(C)C. The van der Waals surface area contributed by atoms with Gasteiger partial charge in [-0.1, -0.05) is 34.6 Å². The summed E-state index contributed by atoms with van der Waals surface area (Å²) in [6.45, 7) is 9.96. The standard InChI is InChI=1S/C12H22O3/c1-9(2)8-15-11(14)7-6-10(13)12(3,4)5/h9H,6-8H2,1-5H3. The third-order valence-corrected chi connectivity index (χ3v) is 1.97. The number of carbonyl (C=O) groups excluding carboxylic acids is 2. The molecule has 0 N–H and O–H groups in total. The van der Waals surface area contributed by atoms with Gasteiger partial charge in [0.25, 0.3) is 0 Å². The molecule has 0 atom stereocenters. The molecular formula is C12H22O3. The second kappa shape index (κ2) is 5.89. The molecule has 0 radical (unpaired) electrons. The Hall–Kier alpha value is -0.860. The molecule has 0 unspecified atom stereocenters. The Kier molecular flexibility index (Phi) is 5.55. The summed E-state index contributed by atoms with van der Waals surface area (Å²) in [5, 5.41) is 0. The molecule has 15 heavy (non-hydrogen) atoms. The molecule has 0 heterocycles. The molecule has 0 aromatic heterocycles. The fourth-order valence-corrected chi connectivity index (χ4v) is 0.922. The zero-order valence-electron chi connectivity index (χ0n) is 10.4. The molecule has 0 spiro atoms. The van der Waals surface area contributed by atoms with Crippen LogP contribution in [0.5, 0.6) is 0 Å². The number of carbonyl (C=O) groups is 2. The summed E-state index contributed by atoms with van der Waals surface area (Å²) in [5.74, 6) is 0.164. The van der Waals surface area contributed by atoms with Crippen molar-refractivity contribution < 1.29 is 14.3 Å². The summed E-state index contributed by atoms with van der Waals surface area (Å²) in [6, 6.07) is 0. The van der Waals surface area contributed by atoms with Crippen LogP contribution in [0.25, 0.3) is 0 Å². The van der Waals surface area contributed by atoms with E-state index in [9.17, 15) is 9.59 Å². The van der Waals surface area contributed by atoms with Gasteiger partial charge in [-0.2, -0.15) is 0 Å². The van der Waals surface area contributed by atoms with Gasteiger partial charge in [0.15, 0.2) is 0 Å². The summed E-state index contributed by atoms with van der Waals surface area (Å²) in [6.07, 6.45) is 0.475. The van der Waals surface area contributed by atoms with Crippen molar-refractivity contribution in [2.24, 2.45) is 11.3 Å². The normalized spacial score (nSPS) is 11.6. The first kappa shape index (κ1) is 14.1. The lowest BCUT2D eigenvalue weighted by Crippen LogP contribution is -2.21. The Morgan fingerprint density at radius 1 is 1.13 bits per heavy atom. The first-order valence-electron chi connectivity index (χ1n) is 5.42. The monoisotopic (exact) mass is 214 g/mol. The van der Waals surface area contributed by atoms with Crippen LogP contribution in [-0.4, -0.2) is 18.4 Å². The molecule has 3 heteroatoms. The topological polar surface area (TPSA) is 43.4 Å². The van der Waals surface area contributed by atoms with Crippen molar-refractivity contribution >= 4 is 11.8 Å². The highest BCUT2D eigenvalue weighted by molar-refractivity contribution is 5.86. The molecule has 0 aliphatic rings. The predicted molar refractivity (Wildman–Crippen MR) is 59.5 cm³/mol. The van der Waals surface area contributed by atoms with E-state index in [0.29, 0.717) is 12.5 Å². The number of rotatable bonds is 5. The molecule has 0 aliphatic heterocycles. The highest BCUT2D eigenvalue weighted by Gasteiger charge is 2.21. The third kappa shape index (κ3) is 7.11.